The van der Waals surface area contributed by atoms with Gasteiger partial charge in [-0.25, -0.2) is 9.18 Å². The first-order valence-corrected chi connectivity index (χ1v) is 18.4. The standard InChI is InChI=1S/C43H46ClFN2O5/c1-43(2,3)34-16-10-29(11-17-34)26-52-35-18-14-32-24-39(47(25-33(32)22-35)40(48)21-27-6-4-5-7-27)41(49)46-38(42(50)51)20-28-8-12-30(13-9-28)31-15-19-37(45)36(44)23-31/h8-19,22-23,27,38-39H,4-7,20-21,24-26H2,1-3H3,(H,46,49)(H,50,51)/t38-,39-/m0/s1. The van der Waals surface area contributed by atoms with Crippen LogP contribution < -0.4 is 10.1 Å². The molecule has 0 radical (unpaired) electrons. The van der Waals surface area contributed by atoms with Crippen molar-refractivity contribution in [2.24, 2.45) is 5.92 Å². The second kappa shape index (κ2) is 15.9. The maximum absolute atomic E-state index is 13.9. The van der Waals surface area contributed by atoms with Gasteiger partial charge in [-0.05, 0) is 87.4 Å². The molecule has 1 aliphatic carbocycles. The molecule has 52 heavy (non-hydrogen) atoms. The van der Waals surface area contributed by atoms with Gasteiger partial charge >= 0.3 is 5.97 Å². The number of ether oxygens (including phenoxy) is 1. The summed E-state index contributed by atoms with van der Waals surface area (Å²) in [5.41, 5.74) is 6.44. The first-order valence-electron chi connectivity index (χ1n) is 18.0. The van der Waals surface area contributed by atoms with E-state index in [1.54, 1.807) is 23.1 Å². The summed E-state index contributed by atoms with van der Waals surface area (Å²) in [5, 5.41) is 12.9. The van der Waals surface area contributed by atoms with Gasteiger partial charge in [-0.2, -0.15) is 0 Å². The van der Waals surface area contributed by atoms with Crippen molar-refractivity contribution in [3.05, 3.63) is 124 Å². The van der Waals surface area contributed by atoms with Crippen molar-refractivity contribution in [2.75, 3.05) is 0 Å². The summed E-state index contributed by atoms with van der Waals surface area (Å²) in [7, 11) is 0. The van der Waals surface area contributed by atoms with Gasteiger partial charge in [0.05, 0.1) is 5.02 Å². The minimum atomic E-state index is -1.21. The highest BCUT2D eigenvalue weighted by molar-refractivity contribution is 6.31. The van der Waals surface area contributed by atoms with Crippen molar-refractivity contribution >= 4 is 29.4 Å². The van der Waals surface area contributed by atoms with Crippen molar-refractivity contribution < 1.29 is 28.6 Å². The lowest BCUT2D eigenvalue weighted by Crippen LogP contribution is -2.56. The highest BCUT2D eigenvalue weighted by Crippen LogP contribution is 2.33. The first-order chi connectivity index (χ1) is 24.8. The number of hydrogen-bond acceptors (Lipinski definition) is 4. The van der Waals surface area contributed by atoms with E-state index in [-0.39, 0.29) is 41.6 Å². The number of hydrogen-bond donors (Lipinski definition) is 2. The molecule has 9 heteroatoms. The monoisotopic (exact) mass is 724 g/mol. The summed E-state index contributed by atoms with van der Waals surface area (Å²) in [6.07, 6.45) is 4.88. The number of carboxylic acids is 1. The molecule has 4 aromatic carbocycles. The molecule has 0 unspecified atom stereocenters. The predicted molar refractivity (Wildman–Crippen MR) is 201 cm³/mol. The summed E-state index contributed by atoms with van der Waals surface area (Å²) in [6.45, 7) is 7.19. The van der Waals surface area contributed by atoms with E-state index in [0.717, 1.165) is 53.5 Å². The Bertz CT molecular complexity index is 1920. The number of amides is 2. The molecule has 2 aliphatic rings. The van der Waals surface area contributed by atoms with Crippen LogP contribution >= 0.6 is 11.6 Å². The number of rotatable bonds is 11. The van der Waals surface area contributed by atoms with Gasteiger partial charge in [0.25, 0.3) is 0 Å². The van der Waals surface area contributed by atoms with Gasteiger partial charge in [0.2, 0.25) is 11.8 Å². The Morgan fingerprint density at radius 3 is 2.23 bits per heavy atom. The third-order valence-corrected chi connectivity index (χ3v) is 10.6. The number of carboxylic acid groups (broad SMARTS) is 1. The second-order valence-electron chi connectivity index (χ2n) is 15.2. The minimum absolute atomic E-state index is 0.0166. The largest absolute Gasteiger partial charge is 0.489 e. The third kappa shape index (κ3) is 9.02. The van der Waals surface area contributed by atoms with Crippen LogP contribution in [0.4, 0.5) is 4.39 Å². The van der Waals surface area contributed by atoms with Crippen molar-refractivity contribution in [1.29, 1.82) is 0 Å². The zero-order chi connectivity index (χ0) is 37.0. The van der Waals surface area contributed by atoms with Crippen LogP contribution in [0, 0.1) is 11.7 Å². The fourth-order valence-corrected chi connectivity index (χ4v) is 7.39. The molecule has 2 atom stereocenters. The normalized spacial score (nSPS) is 16.6. The van der Waals surface area contributed by atoms with E-state index in [2.05, 4.69) is 50.4 Å². The fourth-order valence-electron chi connectivity index (χ4n) is 7.21. The summed E-state index contributed by atoms with van der Waals surface area (Å²) < 4.78 is 19.8. The Morgan fingerprint density at radius 1 is 0.904 bits per heavy atom. The lowest BCUT2D eigenvalue weighted by molar-refractivity contribution is -0.145. The molecule has 1 saturated carbocycles. The number of nitrogens with one attached hydrogen (secondary N) is 1. The quantitative estimate of drug-likeness (QED) is 0.161. The van der Waals surface area contributed by atoms with Gasteiger partial charge in [-0.3, -0.25) is 9.59 Å². The molecule has 0 spiro atoms. The number of halogens is 2. The molecule has 272 valence electrons. The van der Waals surface area contributed by atoms with E-state index >= 15 is 0 Å². The van der Waals surface area contributed by atoms with Gasteiger partial charge < -0.3 is 20.1 Å². The molecule has 7 nitrogen and oxygen atoms in total. The molecule has 2 amide bonds. The lowest BCUT2D eigenvalue weighted by atomic mass is 9.87. The zero-order valence-electron chi connectivity index (χ0n) is 30.0. The van der Waals surface area contributed by atoms with Crippen molar-refractivity contribution in [1.82, 2.24) is 10.2 Å². The number of carbonyl (C=O) groups is 3. The van der Waals surface area contributed by atoms with Crippen molar-refractivity contribution in [3.63, 3.8) is 0 Å². The molecular formula is C43H46ClFN2O5. The molecular weight excluding hydrogens is 679 g/mol. The number of carbonyl (C=O) groups excluding carboxylic acids is 2. The van der Waals surface area contributed by atoms with E-state index in [9.17, 15) is 23.9 Å². The molecule has 1 fully saturated rings. The average Bonchev–Trinajstić information content (AvgIpc) is 3.64. The van der Waals surface area contributed by atoms with Gasteiger partial charge in [0, 0.05) is 25.8 Å². The van der Waals surface area contributed by atoms with E-state index in [4.69, 9.17) is 16.3 Å². The zero-order valence-corrected chi connectivity index (χ0v) is 30.7. The minimum Gasteiger partial charge on any atom is -0.489 e. The Balaban J connectivity index is 1.16. The highest BCUT2D eigenvalue weighted by atomic mass is 35.5. The summed E-state index contributed by atoms with van der Waals surface area (Å²) in [4.78, 5) is 41.8. The number of aliphatic carboxylic acids is 1. The van der Waals surface area contributed by atoms with E-state index in [1.807, 2.05) is 30.3 Å². The van der Waals surface area contributed by atoms with Crippen LogP contribution in [-0.2, 0) is 45.8 Å². The second-order valence-corrected chi connectivity index (χ2v) is 15.6. The van der Waals surface area contributed by atoms with Crippen LogP contribution in [0.2, 0.25) is 5.02 Å². The van der Waals surface area contributed by atoms with Crippen molar-refractivity contribution in [3.8, 4) is 16.9 Å². The summed E-state index contributed by atoms with van der Waals surface area (Å²) in [5.74, 6) is -1.28. The number of fused-ring (bicyclic) bond motifs is 1. The van der Waals surface area contributed by atoms with Crippen LogP contribution in [0.1, 0.15) is 80.7 Å². The van der Waals surface area contributed by atoms with Gasteiger partial charge in [-0.15, -0.1) is 0 Å². The van der Waals surface area contributed by atoms with E-state index in [1.165, 1.54) is 17.7 Å². The molecule has 1 heterocycles. The van der Waals surface area contributed by atoms with E-state index < -0.39 is 29.8 Å². The van der Waals surface area contributed by atoms with Gasteiger partial charge in [0.1, 0.15) is 30.3 Å². The Morgan fingerprint density at radius 2 is 1.58 bits per heavy atom. The smallest absolute Gasteiger partial charge is 0.326 e. The van der Waals surface area contributed by atoms with Gasteiger partial charge in [-0.1, -0.05) is 106 Å². The van der Waals surface area contributed by atoms with Crippen LogP contribution in [0.15, 0.2) is 84.9 Å². The number of benzene rings is 4. The average molecular weight is 725 g/mol. The number of nitrogens with zero attached hydrogens (tertiary/aromatic N) is 1. The fraction of sp³-hybridized carbons (Fsp3) is 0.372. The molecule has 2 N–H and O–H groups in total. The maximum Gasteiger partial charge on any atom is 0.326 e. The Kier molecular flexibility index (Phi) is 11.3. The SMILES string of the molecule is CC(C)(C)c1ccc(COc2ccc3c(c2)CN(C(=O)CC2CCCC2)[C@H](C(=O)N[C@@H](Cc2ccc(-c4ccc(F)c(Cl)c4)cc2)C(=O)O)C3)cc1. The van der Waals surface area contributed by atoms with Crippen LogP contribution in [0.25, 0.3) is 11.1 Å². The molecule has 0 aromatic heterocycles. The Hall–Kier alpha value is -4.69. The third-order valence-electron chi connectivity index (χ3n) is 10.4. The summed E-state index contributed by atoms with van der Waals surface area (Å²) in [6, 6.07) is 23.8. The van der Waals surface area contributed by atoms with Gasteiger partial charge in [0.15, 0.2) is 0 Å². The molecule has 0 saturated heterocycles. The van der Waals surface area contributed by atoms with Crippen LogP contribution in [0.5, 0.6) is 5.75 Å². The topological polar surface area (TPSA) is 95.9 Å². The maximum atomic E-state index is 13.9. The first kappa shape index (κ1) is 37.1. The molecule has 0 bridgehead atoms. The van der Waals surface area contributed by atoms with Crippen LogP contribution in [-0.4, -0.2) is 39.9 Å². The van der Waals surface area contributed by atoms with Crippen LogP contribution in [0.3, 0.4) is 0 Å². The molecule has 6 rings (SSSR count). The highest BCUT2D eigenvalue weighted by Gasteiger charge is 2.37. The lowest BCUT2D eigenvalue weighted by Gasteiger charge is -2.37. The Labute approximate surface area is 310 Å². The summed E-state index contributed by atoms with van der Waals surface area (Å²) >= 11 is 5.96. The van der Waals surface area contributed by atoms with Crippen molar-refractivity contribution in [2.45, 2.75) is 96.4 Å². The molecule has 4 aromatic rings. The van der Waals surface area contributed by atoms with E-state index in [0.29, 0.717) is 24.3 Å². The molecule has 1 aliphatic heterocycles. The predicted octanol–water partition coefficient (Wildman–Crippen LogP) is 8.67.